The maximum absolute atomic E-state index is 12.3. The molecule has 1 aliphatic heterocycles. The van der Waals surface area contributed by atoms with Crippen LogP contribution in [0, 0.1) is 6.92 Å². The number of hydrogen-bond donors (Lipinski definition) is 2. The zero-order chi connectivity index (χ0) is 21.5. The molecule has 6 nitrogen and oxygen atoms in total. The summed E-state index contributed by atoms with van der Waals surface area (Å²) in [6.45, 7) is 4.30. The standard InChI is InChI=1S/C23H29ClN4O2.HI/c1-16-4-9-21(20(24)14-16)27-22(29)10-12-26-23(25-2)28-13-11-18(15-28)17-5-7-19(30-3)8-6-17;/h4-9,14,18H,10-13,15H2,1-3H3,(H,25,26)(H,27,29);1H. The van der Waals surface area contributed by atoms with E-state index in [4.69, 9.17) is 16.3 Å². The fourth-order valence-corrected chi connectivity index (χ4v) is 3.94. The fourth-order valence-electron chi connectivity index (χ4n) is 3.66. The highest BCUT2D eigenvalue weighted by molar-refractivity contribution is 14.0. The van der Waals surface area contributed by atoms with E-state index in [2.05, 4.69) is 32.7 Å². The molecule has 8 heteroatoms. The number of amides is 1. The molecule has 1 atom stereocenters. The van der Waals surface area contributed by atoms with E-state index in [0.29, 0.717) is 29.6 Å². The van der Waals surface area contributed by atoms with Gasteiger partial charge in [-0.15, -0.1) is 24.0 Å². The van der Waals surface area contributed by atoms with E-state index in [-0.39, 0.29) is 29.9 Å². The zero-order valence-corrected chi connectivity index (χ0v) is 21.2. The Balaban J connectivity index is 0.00000341. The van der Waals surface area contributed by atoms with Crippen LogP contribution in [-0.4, -0.2) is 50.6 Å². The molecule has 0 saturated carbocycles. The number of nitrogens with one attached hydrogen (secondary N) is 2. The second kappa shape index (κ2) is 12.1. The first-order chi connectivity index (χ1) is 14.5. The molecule has 1 amide bonds. The molecular formula is C23H30ClIN4O2. The minimum absolute atomic E-state index is 0. The van der Waals surface area contributed by atoms with Gasteiger partial charge in [-0.25, -0.2) is 0 Å². The van der Waals surface area contributed by atoms with Crippen molar-refractivity contribution in [3.8, 4) is 5.75 Å². The number of carbonyl (C=O) groups excluding carboxylic acids is 1. The molecule has 0 bridgehead atoms. The molecule has 1 fully saturated rings. The van der Waals surface area contributed by atoms with Gasteiger partial charge in [0, 0.05) is 39.0 Å². The highest BCUT2D eigenvalue weighted by atomic mass is 127. The zero-order valence-electron chi connectivity index (χ0n) is 18.2. The molecule has 1 unspecified atom stereocenters. The maximum atomic E-state index is 12.3. The Hall–Kier alpha value is -2.00. The van der Waals surface area contributed by atoms with E-state index in [1.165, 1.54) is 5.56 Å². The number of halogens is 2. The molecule has 2 aromatic carbocycles. The van der Waals surface area contributed by atoms with Crippen LogP contribution in [0.5, 0.6) is 5.75 Å². The van der Waals surface area contributed by atoms with Crippen molar-refractivity contribution in [2.75, 3.05) is 39.1 Å². The van der Waals surface area contributed by atoms with Crippen molar-refractivity contribution in [3.05, 3.63) is 58.6 Å². The summed E-state index contributed by atoms with van der Waals surface area (Å²) in [7, 11) is 3.45. The van der Waals surface area contributed by atoms with Gasteiger partial charge in [0.2, 0.25) is 5.91 Å². The van der Waals surface area contributed by atoms with E-state index in [1.807, 2.05) is 37.3 Å². The Kier molecular flexibility index (Phi) is 9.90. The highest BCUT2D eigenvalue weighted by Gasteiger charge is 2.26. The number of aliphatic imine (C=N–C) groups is 1. The molecule has 1 aliphatic rings. The van der Waals surface area contributed by atoms with E-state index in [0.717, 1.165) is 36.8 Å². The first kappa shape index (κ1) is 25.3. The van der Waals surface area contributed by atoms with E-state index in [9.17, 15) is 4.79 Å². The van der Waals surface area contributed by atoms with Crippen LogP contribution < -0.4 is 15.4 Å². The summed E-state index contributed by atoms with van der Waals surface area (Å²) < 4.78 is 5.24. The van der Waals surface area contributed by atoms with Crippen LogP contribution in [0.15, 0.2) is 47.5 Å². The van der Waals surface area contributed by atoms with Crippen molar-refractivity contribution in [2.45, 2.75) is 25.7 Å². The molecule has 168 valence electrons. The second-order valence-electron chi connectivity index (χ2n) is 7.46. The quantitative estimate of drug-likeness (QED) is 0.308. The molecule has 1 saturated heterocycles. The number of nitrogens with zero attached hydrogens (tertiary/aromatic N) is 2. The lowest BCUT2D eigenvalue weighted by molar-refractivity contribution is -0.116. The lowest BCUT2D eigenvalue weighted by Crippen LogP contribution is -2.41. The van der Waals surface area contributed by atoms with Crippen LogP contribution >= 0.6 is 35.6 Å². The molecule has 0 radical (unpaired) electrons. The van der Waals surface area contributed by atoms with Crippen LogP contribution in [0.25, 0.3) is 0 Å². The lowest BCUT2D eigenvalue weighted by atomic mass is 9.98. The van der Waals surface area contributed by atoms with Crippen molar-refractivity contribution < 1.29 is 9.53 Å². The number of likely N-dealkylation sites (tertiary alicyclic amines) is 1. The van der Waals surface area contributed by atoms with Crippen molar-refractivity contribution in [1.82, 2.24) is 10.2 Å². The van der Waals surface area contributed by atoms with Crippen LogP contribution in [-0.2, 0) is 4.79 Å². The number of anilines is 1. The average Bonchev–Trinajstić information content (AvgIpc) is 3.23. The van der Waals surface area contributed by atoms with Crippen LogP contribution in [0.3, 0.4) is 0 Å². The Morgan fingerprint density at radius 1 is 1.26 bits per heavy atom. The molecule has 2 N–H and O–H groups in total. The van der Waals surface area contributed by atoms with Gasteiger partial charge in [-0.1, -0.05) is 29.8 Å². The minimum Gasteiger partial charge on any atom is -0.497 e. The predicted molar refractivity (Wildman–Crippen MR) is 138 cm³/mol. The van der Waals surface area contributed by atoms with Crippen molar-refractivity contribution in [2.24, 2.45) is 4.99 Å². The molecular weight excluding hydrogens is 527 g/mol. The highest BCUT2D eigenvalue weighted by Crippen LogP contribution is 2.28. The van der Waals surface area contributed by atoms with Crippen LogP contribution in [0.2, 0.25) is 5.02 Å². The van der Waals surface area contributed by atoms with Crippen LogP contribution in [0.4, 0.5) is 5.69 Å². The van der Waals surface area contributed by atoms with E-state index < -0.39 is 0 Å². The molecule has 3 rings (SSSR count). The van der Waals surface area contributed by atoms with Gasteiger partial charge in [0.15, 0.2) is 5.96 Å². The largest absolute Gasteiger partial charge is 0.497 e. The van der Waals surface area contributed by atoms with Gasteiger partial charge in [0.1, 0.15) is 5.75 Å². The topological polar surface area (TPSA) is 66.0 Å². The first-order valence-electron chi connectivity index (χ1n) is 10.2. The van der Waals surface area contributed by atoms with Crippen molar-refractivity contribution in [1.29, 1.82) is 0 Å². The average molecular weight is 557 g/mol. The van der Waals surface area contributed by atoms with Gasteiger partial charge in [0.25, 0.3) is 0 Å². The normalized spacial score (nSPS) is 15.9. The Bertz CT molecular complexity index is 905. The number of benzene rings is 2. The Labute approximate surface area is 206 Å². The predicted octanol–water partition coefficient (Wildman–Crippen LogP) is 4.67. The summed E-state index contributed by atoms with van der Waals surface area (Å²) in [4.78, 5) is 18.9. The molecule has 31 heavy (non-hydrogen) atoms. The summed E-state index contributed by atoms with van der Waals surface area (Å²) in [5, 5.41) is 6.72. The monoisotopic (exact) mass is 556 g/mol. The number of methoxy groups -OCH3 is 1. The van der Waals surface area contributed by atoms with Gasteiger partial charge in [-0.05, 0) is 48.7 Å². The molecule has 2 aromatic rings. The molecule has 0 aliphatic carbocycles. The third kappa shape index (κ3) is 7.00. The van der Waals surface area contributed by atoms with E-state index in [1.54, 1.807) is 14.2 Å². The summed E-state index contributed by atoms with van der Waals surface area (Å²) in [5.41, 5.74) is 3.00. The van der Waals surface area contributed by atoms with Gasteiger partial charge in [0.05, 0.1) is 17.8 Å². The number of hydrogen-bond acceptors (Lipinski definition) is 3. The number of guanidine groups is 1. The number of aryl methyl sites for hydroxylation is 1. The minimum atomic E-state index is -0.0822. The lowest BCUT2D eigenvalue weighted by Gasteiger charge is -2.22. The maximum Gasteiger partial charge on any atom is 0.226 e. The van der Waals surface area contributed by atoms with Crippen molar-refractivity contribution in [3.63, 3.8) is 0 Å². The van der Waals surface area contributed by atoms with Gasteiger partial charge in [-0.3, -0.25) is 9.79 Å². The van der Waals surface area contributed by atoms with Crippen molar-refractivity contribution >= 4 is 53.1 Å². The summed E-state index contributed by atoms with van der Waals surface area (Å²) >= 11 is 6.18. The number of carbonyl (C=O) groups is 1. The third-order valence-electron chi connectivity index (χ3n) is 5.32. The number of rotatable bonds is 6. The van der Waals surface area contributed by atoms with Crippen LogP contribution in [0.1, 0.15) is 29.9 Å². The SMILES string of the molecule is CN=C(NCCC(=O)Nc1ccc(C)cc1Cl)N1CCC(c2ccc(OC)cc2)C1.I. The molecule has 1 heterocycles. The van der Waals surface area contributed by atoms with Gasteiger partial charge < -0.3 is 20.3 Å². The smallest absolute Gasteiger partial charge is 0.226 e. The van der Waals surface area contributed by atoms with E-state index >= 15 is 0 Å². The summed E-state index contributed by atoms with van der Waals surface area (Å²) in [6, 6.07) is 13.9. The Morgan fingerprint density at radius 2 is 2.00 bits per heavy atom. The molecule has 0 aromatic heterocycles. The van der Waals surface area contributed by atoms with Gasteiger partial charge in [-0.2, -0.15) is 0 Å². The fraction of sp³-hybridized carbons (Fsp3) is 0.391. The third-order valence-corrected chi connectivity index (χ3v) is 5.63. The molecule has 0 spiro atoms. The second-order valence-corrected chi connectivity index (χ2v) is 7.87. The number of ether oxygens (including phenoxy) is 1. The summed E-state index contributed by atoms with van der Waals surface area (Å²) in [5.74, 6) is 2.08. The Morgan fingerprint density at radius 3 is 2.65 bits per heavy atom. The van der Waals surface area contributed by atoms with Gasteiger partial charge >= 0.3 is 0 Å². The first-order valence-corrected chi connectivity index (χ1v) is 10.5. The summed E-state index contributed by atoms with van der Waals surface area (Å²) in [6.07, 6.45) is 1.40.